The molecule has 1 aromatic rings. The molecule has 1 amide bonds. The van der Waals surface area contributed by atoms with Gasteiger partial charge in [-0.2, -0.15) is 0 Å². The number of carbonyl (C=O) groups is 1. The molecule has 0 aromatic carbocycles. The first-order chi connectivity index (χ1) is 9.81. The Morgan fingerprint density at radius 3 is 2.95 bits per heavy atom. The van der Waals surface area contributed by atoms with E-state index in [-0.39, 0.29) is 5.91 Å². The molecule has 2 rings (SSSR count). The number of aromatic nitrogens is 1. The second-order valence-electron chi connectivity index (χ2n) is 5.11. The maximum absolute atomic E-state index is 12.0. The third kappa shape index (κ3) is 4.35. The van der Waals surface area contributed by atoms with Crippen LogP contribution < -0.4 is 5.32 Å². The Balaban J connectivity index is 1.65. The van der Waals surface area contributed by atoms with Crippen LogP contribution in [0.5, 0.6) is 0 Å². The first-order valence-corrected chi connectivity index (χ1v) is 7.51. The molecule has 5 heteroatoms. The van der Waals surface area contributed by atoms with Gasteiger partial charge in [0.15, 0.2) is 0 Å². The van der Waals surface area contributed by atoms with Crippen LogP contribution in [0.25, 0.3) is 0 Å². The van der Waals surface area contributed by atoms with Crippen LogP contribution in [0.1, 0.15) is 25.5 Å². The monoisotopic (exact) mass is 279 g/mol. The van der Waals surface area contributed by atoms with E-state index in [9.17, 15) is 4.79 Å². The standard InChI is InChI=1S/C15H25N3O2/c1-2-7-17-8-3-4-14(17)13-16-6-5-15(19)18-9-11-20-12-10-18/h3-4,8,16H,2,5-7,9-13H2,1H3. The van der Waals surface area contributed by atoms with Crippen molar-refractivity contribution in [3.8, 4) is 0 Å². The van der Waals surface area contributed by atoms with Gasteiger partial charge >= 0.3 is 0 Å². The number of hydrogen-bond donors (Lipinski definition) is 1. The lowest BCUT2D eigenvalue weighted by Gasteiger charge is -2.26. The van der Waals surface area contributed by atoms with Crippen LogP contribution in [0.2, 0.25) is 0 Å². The minimum atomic E-state index is 0.227. The third-order valence-corrected chi connectivity index (χ3v) is 3.57. The number of nitrogens with zero attached hydrogens (tertiary/aromatic N) is 2. The lowest BCUT2D eigenvalue weighted by molar-refractivity contribution is -0.135. The molecule has 5 nitrogen and oxygen atoms in total. The van der Waals surface area contributed by atoms with Gasteiger partial charge < -0.3 is 19.5 Å². The minimum Gasteiger partial charge on any atom is -0.378 e. The Hall–Kier alpha value is -1.33. The van der Waals surface area contributed by atoms with Gasteiger partial charge in [0.05, 0.1) is 13.2 Å². The maximum atomic E-state index is 12.0. The number of aryl methyl sites for hydroxylation is 1. The summed E-state index contributed by atoms with van der Waals surface area (Å²) in [6.45, 7) is 7.59. The zero-order valence-corrected chi connectivity index (χ0v) is 12.3. The molecule has 1 aromatic heterocycles. The summed E-state index contributed by atoms with van der Waals surface area (Å²) in [6.07, 6.45) is 3.81. The van der Waals surface area contributed by atoms with E-state index >= 15 is 0 Å². The number of nitrogens with one attached hydrogen (secondary N) is 1. The summed E-state index contributed by atoms with van der Waals surface area (Å²) in [5.41, 5.74) is 1.28. The highest BCUT2D eigenvalue weighted by atomic mass is 16.5. The summed E-state index contributed by atoms with van der Waals surface area (Å²) in [6, 6.07) is 4.21. The van der Waals surface area contributed by atoms with Gasteiger partial charge in [-0.3, -0.25) is 4.79 Å². The van der Waals surface area contributed by atoms with Crippen molar-refractivity contribution in [2.24, 2.45) is 0 Å². The van der Waals surface area contributed by atoms with E-state index in [1.54, 1.807) is 0 Å². The van der Waals surface area contributed by atoms with E-state index < -0.39 is 0 Å². The van der Waals surface area contributed by atoms with Gasteiger partial charge in [-0.25, -0.2) is 0 Å². The molecular weight excluding hydrogens is 254 g/mol. The molecule has 1 fully saturated rings. The average Bonchev–Trinajstić information content (AvgIpc) is 2.92. The number of rotatable bonds is 7. The van der Waals surface area contributed by atoms with Crippen LogP contribution in [0.15, 0.2) is 18.3 Å². The van der Waals surface area contributed by atoms with Gasteiger partial charge in [0, 0.05) is 51.0 Å². The number of hydrogen-bond acceptors (Lipinski definition) is 3. The summed E-state index contributed by atoms with van der Waals surface area (Å²) in [5.74, 6) is 0.227. The molecule has 0 saturated carbocycles. The summed E-state index contributed by atoms with van der Waals surface area (Å²) < 4.78 is 7.51. The van der Waals surface area contributed by atoms with Crippen molar-refractivity contribution in [2.45, 2.75) is 32.9 Å². The lowest BCUT2D eigenvalue weighted by atomic mass is 10.3. The Bertz CT molecular complexity index is 411. The number of carbonyl (C=O) groups excluding carboxylic acids is 1. The molecule has 0 bridgehead atoms. The highest BCUT2D eigenvalue weighted by Gasteiger charge is 2.15. The maximum Gasteiger partial charge on any atom is 0.224 e. The van der Waals surface area contributed by atoms with Crippen molar-refractivity contribution in [2.75, 3.05) is 32.8 Å². The molecule has 2 heterocycles. The number of ether oxygens (including phenoxy) is 1. The van der Waals surface area contributed by atoms with E-state index in [2.05, 4.69) is 35.1 Å². The van der Waals surface area contributed by atoms with Crippen molar-refractivity contribution in [3.63, 3.8) is 0 Å². The molecule has 1 aliphatic rings. The summed E-state index contributed by atoms with van der Waals surface area (Å²) >= 11 is 0. The number of morpholine rings is 1. The molecule has 0 radical (unpaired) electrons. The van der Waals surface area contributed by atoms with Crippen molar-refractivity contribution in [3.05, 3.63) is 24.0 Å². The SMILES string of the molecule is CCCn1cccc1CNCCC(=O)N1CCOCC1. The quantitative estimate of drug-likeness (QED) is 0.764. The van der Waals surface area contributed by atoms with Crippen LogP contribution in [0, 0.1) is 0 Å². The fraction of sp³-hybridized carbons (Fsp3) is 0.667. The molecule has 20 heavy (non-hydrogen) atoms. The zero-order chi connectivity index (χ0) is 14.2. The molecule has 1 aliphatic heterocycles. The van der Waals surface area contributed by atoms with Crippen LogP contribution in [0.3, 0.4) is 0 Å². The van der Waals surface area contributed by atoms with Crippen LogP contribution in [-0.2, 0) is 22.6 Å². The van der Waals surface area contributed by atoms with Crippen LogP contribution in [-0.4, -0.2) is 48.2 Å². The second-order valence-corrected chi connectivity index (χ2v) is 5.11. The molecule has 0 aliphatic carbocycles. The van der Waals surface area contributed by atoms with E-state index in [1.165, 1.54) is 5.69 Å². The number of amides is 1. The van der Waals surface area contributed by atoms with Gasteiger partial charge in [0.25, 0.3) is 0 Å². The van der Waals surface area contributed by atoms with Crippen molar-refractivity contribution in [1.29, 1.82) is 0 Å². The molecule has 0 unspecified atom stereocenters. The summed E-state index contributed by atoms with van der Waals surface area (Å²) in [4.78, 5) is 13.8. The van der Waals surface area contributed by atoms with Gasteiger partial charge in [-0.15, -0.1) is 0 Å². The van der Waals surface area contributed by atoms with Gasteiger partial charge in [-0.05, 0) is 18.6 Å². The van der Waals surface area contributed by atoms with Crippen molar-refractivity contribution < 1.29 is 9.53 Å². The molecular formula is C15H25N3O2. The molecule has 1 saturated heterocycles. The highest BCUT2D eigenvalue weighted by Crippen LogP contribution is 2.04. The Labute approximate surface area is 120 Å². The van der Waals surface area contributed by atoms with Crippen LogP contribution in [0.4, 0.5) is 0 Å². The van der Waals surface area contributed by atoms with Crippen molar-refractivity contribution in [1.82, 2.24) is 14.8 Å². The lowest BCUT2D eigenvalue weighted by Crippen LogP contribution is -2.41. The largest absolute Gasteiger partial charge is 0.378 e. The fourth-order valence-corrected chi connectivity index (χ4v) is 2.45. The first-order valence-electron chi connectivity index (χ1n) is 7.51. The Morgan fingerprint density at radius 1 is 1.40 bits per heavy atom. The topological polar surface area (TPSA) is 46.5 Å². The molecule has 0 atom stereocenters. The van der Waals surface area contributed by atoms with Gasteiger partial charge in [-0.1, -0.05) is 6.92 Å². The van der Waals surface area contributed by atoms with Crippen molar-refractivity contribution >= 4 is 5.91 Å². The fourth-order valence-electron chi connectivity index (χ4n) is 2.45. The highest BCUT2D eigenvalue weighted by molar-refractivity contribution is 5.76. The van der Waals surface area contributed by atoms with Gasteiger partial charge in [0.2, 0.25) is 5.91 Å². The van der Waals surface area contributed by atoms with E-state index in [1.807, 2.05) is 4.90 Å². The molecule has 0 spiro atoms. The van der Waals surface area contributed by atoms with Gasteiger partial charge in [0.1, 0.15) is 0 Å². The van der Waals surface area contributed by atoms with E-state index in [0.717, 1.165) is 39.1 Å². The smallest absolute Gasteiger partial charge is 0.224 e. The zero-order valence-electron chi connectivity index (χ0n) is 12.3. The molecule has 1 N–H and O–H groups in total. The Morgan fingerprint density at radius 2 is 2.20 bits per heavy atom. The van der Waals surface area contributed by atoms with Crippen LogP contribution >= 0.6 is 0 Å². The third-order valence-electron chi connectivity index (χ3n) is 3.57. The van der Waals surface area contributed by atoms with E-state index in [0.29, 0.717) is 19.6 Å². The van der Waals surface area contributed by atoms with E-state index in [4.69, 9.17) is 4.74 Å². The Kier molecular flexibility index (Phi) is 6.08. The second kappa shape index (κ2) is 8.07. The minimum absolute atomic E-state index is 0.227. The average molecular weight is 279 g/mol. The first kappa shape index (κ1) is 15.1. The molecule has 112 valence electrons. The summed E-state index contributed by atoms with van der Waals surface area (Å²) in [5, 5.41) is 3.36. The normalized spacial score (nSPS) is 15.6. The predicted molar refractivity (Wildman–Crippen MR) is 78.4 cm³/mol. The summed E-state index contributed by atoms with van der Waals surface area (Å²) in [7, 11) is 0. The predicted octanol–water partition coefficient (Wildman–Crippen LogP) is 1.24.